The molecule has 0 aromatic heterocycles. The molecule has 7 nitrogen and oxygen atoms in total. The Balaban J connectivity index is 1.73. The van der Waals surface area contributed by atoms with Crippen molar-refractivity contribution >= 4 is 17.7 Å². The van der Waals surface area contributed by atoms with Crippen LogP contribution in [0.1, 0.15) is 39.7 Å². The summed E-state index contributed by atoms with van der Waals surface area (Å²) in [6.45, 7) is 9.71. The monoisotopic (exact) mass is 442 g/mol. The van der Waals surface area contributed by atoms with Gasteiger partial charge in [0.05, 0.1) is 6.04 Å². The third kappa shape index (κ3) is 5.14. The molecule has 176 valence electrons. The largest absolute Gasteiger partial charge is 0.343 e. The van der Waals surface area contributed by atoms with Crippen molar-refractivity contribution in [1.82, 2.24) is 20.4 Å². The van der Waals surface area contributed by atoms with E-state index in [2.05, 4.69) is 29.7 Å². The van der Waals surface area contributed by atoms with Crippen LogP contribution in [0.3, 0.4) is 0 Å². The van der Waals surface area contributed by atoms with E-state index in [-0.39, 0.29) is 41.5 Å². The maximum absolute atomic E-state index is 13.6. The van der Waals surface area contributed by atoms with Crippen LogP contribution in [0.25, 0.3) is 0 Å². The van der Waals surface area contributed by atoms with Crippen LogP contribution >= 0.6 is 0 Å². The fourth-order valence-electron chi connectivity index (χ4n) is 4.92. The fourth-order valence-corrected chi connectivity index (χ4v) is 4.92. The number of hydrogen-bond acceptors (Lipinski definition) is 4. The molecule has 1 aromatic rings. The number of nitrogens with zero attached hydrogens (tertiary/aromatic N) is 2. The Morgan fingerprint density at radius 3 is 2.47 bits per heavy atom. The van der Waals surface area contributed by atoms with E-state index in [1.54, 1.807) is 18.9 Å². The molecule has 2 fully saturated rings. The molecule has 2 aliphatic rings. The lowest BCUT2D eigenvalue weighted by molar-refractivity contribution is -0.149. The predicted octanol–water partition coefficient (Wildman–Crippen LogP) is 1.67. The first-order valence-corrected chi connectivity index (χ1v) is 11.8. The minimum Gasteiger partial charge on any atom is -0.343 e. The molecular formula is C25H38N4O3. The number of carbonyl (C=O) groups excluding carboxylic acids is 3. The van der Waals surface area contributed by atoms with Crippen LogP contribution in [-0.4, -0.2) is 72.3 Å². The molecule has 7 heteroatoms. The second-order valence-corrected chi connectivity index (χ2v) is 9.67. The number of carbonyl (C=O) groups is 3. The molecule has 0 radical (unpaired) electrons. The van der Waals surface area contributed by atoms with Gasteiger partial charge in [-0.2, -0.15) is 0 Å². The van der Waals surface area contributed by atoms with E-state index in [1.807, 2.05) is 36.9 Å². The Morgan fingerprint density at radius 2 is 1.84 bits per heavy atom. The van der Waals surface area contributed by atoms with E-state index in [9.17, 15) is 14.4 Å². The molecule has 2 saturated heterocycles. The highest BCUT2D eigenvalue weighted by Crippen LogP contribution is 2.37. The van der Waals surface area contributed by atoms with Crippen molar-refractivity contribution in [2.24, 2.45) is 17.8 Å². The molecule has 3 amide bonds. The lowest BCUT2D eigenvalue weighted by Crippen LogP contribution is -2.59. The lowest BCUT2D eigenvalue weighted by Gasteiger charge is -2.39. The molecule has 2 aliphatic heterocycles. The summed E-state index contributed by atoms with van der Waals surface area (Å²) in [5.41, 5.74) is 1.20. The molecule has 0 unspecified atom stereocenters. The minimum atomic E-state index is -0.642. The van der Waals surface area contributed by atoms with Gasteiger partial charge in [0.2, 0.25) is 17.7 Å². The summed E-state index contributed by atoms with van der Waals surface area (Å²) in [4.78, 5) is 43.2. The van der Waals surface area contributed by atoms with E-state index in [4.69, 9.17) is 0 Å². The number of nitrogens with one attached hydrogen (secondary N) is 2. The van der Waals surface area contributed by atoms with Gasteiger partial charge in [-0.1, -0.05) is 51.1 Å². The zero-order valence-electron chi connectivity index (χ0n) is 20.0. The normalized spacial score (nSPS) is 24.9. The topological polar surface area (TPSA) is 81.8 Å². The second-order valence-electron chi connectivity index (χ2n) is 9.67. The number of piperidine rings is 1. The molecule has 32 heavy (non-hydrogen) atoms. The quantitative estimate of drug-likeness (QED) is 0.642. The van der Waals surface area contributed by atoms with E-state index in [0.717, 1.165) is 19.4 Å². The third-order valence-corrected chi connectivity index (χ3v) is 7.11. The van der Waals surface area contributed by atoms with Gasteiger partial charge in [0.15, 0.2) is 0 Å². The number of benzene rings is 1. The first-order chi connectivity index (χ1) is 15.2. The van der Waals surface area contributed by atoms with Gasteiger partial charge < -0.3 is 20.4 Å². The smallest absolute Gasteiger partial charge is 0.246 e. The molecule has 2 heterocycles. The number of amides is 3. The number of fused-ring (bicyclic) bond motifs is 1. The highest BCUT2D eigenvalue weighted by Gasteiger charge is 2.50. The maximum Gasteiger partial charge on any atom is 0.246 e. The SMILES string of the molecule is CN[C@H](C)C(=O)N[C@H](C(=O)N1C[C@@H](C)[C@@H]2CCN(CCc3ccccc3)C(=O)[C@@H]21)C(C)C. The molecule has 0 aliphatic carbocycles. The van der Waals surface area contributed by atoms with Gasteiger partial charge in [0.25, 0.3) is 0 Å². The van der Waals surface area contributed by atoms with Gasteiger partial charge >= 0.3 is 0 Å². The fraction of sp³-hybridized carbons (Fsp3) is 0.640. The summed E-state index contributed by atoms with van der Waals surface area (Å²) >= 11 is 0. The van der Waals surface area contributed by atoms with Gasteiger partial charge in [-0.15, -0.1) is 0 Å². The summed E-state index contributed by atoms with van der Waals surface area (Å²) in [5.74, 6) is 0.0743. The van der Waals surface area contributed by atoms with Crippen LogP contribution < -0.4 is 10.6 Å². The van der Waals surface area contributed by atoms with Crippen molar-refractivity contribution in [2.75, 3.05) is 26.7 Å². The molecular weight excluding hydrogens is 404 g/mol. The average Bonchev–Trinajstić information content (AvgIpc) is 3.13. The maximum atomic E-state index is 13.6. The average molecular weight is 443 g/mol. The van der Waals surface area contributed by atoms with Crippen LogP contribution in [0, 0.1) is 17.8 Å². The van der Waals surface area contributed by atoms with Gasteiger partial charge in [-0.05, 0) is 50.1 Å². The van der Waals surface area contributed by atoms with E-state index in [1.165, 1.54) is 5.56 Å². The number of hydrogen-bond donors (Lipinski definition) is 2. The van der Waals surface area contributed by atoms with Gasteiger partial charge in [0.1, 0.15) is 12.1 Å². The lowest BCUT2D eigenvalue weighted by atomic mass is 9.85. The summed E-state index contributed by atoms with van der Waals surface area (Å²) in [7, 11) is 1.72. The number of likely N-dealkylation sites (tertiary alicyclic amines) is 2. The van der Waals surface area contributed by atoms with Crippen molar-refractivity contribution in [3.8, 4) is 0 Å². The van der Waals surface area contributed by atoms with Gasteiger partial charge in [0, 0.05) is 19.6 Å². The molecule has 3 rings (SSSR count). The zero-order valence-corrected chi connectivity index (χ0v) is 20.0. The van der Waals surface area contributed by atoms with Crippen molar-refractivity contribution in [3.63, 3.8) is 0 Å². The van der Waals surface area contributed by atoms with Crippen molar-refractivity contribution in [1.29, 1.82) is 0 Å². The van der Waals surface area contributed by atoms with Crippen molar-refractivity contribution in [2.45, 2.75) is 58.7 Å². The summed E-state index contributed by atoms with van der Waals surface area (Å²) in [6.07, 6.45) is 1.71. The highest BCUT2D eigenvalue weighted by atomic mass is 16.2. The summed E-state index contributed by atoms with van der Waals surface area (Å²) in [6, 6.07) is 8.71. The summed E-state index contributed by atoms with van der Waals surface area (Å²) < 4.78 is 0. The first-order valence-electron chi connectivity index (χ1n) is 11.8. The second kappa shape index (κ2) is 10.5. The first kappa shape index (κ1) is 24.2. The Morgan fingerprint density at radius 1 is 1.16 bits per heavy atom. The molecule has 1 aromatic carbocycles. The van der Waals surface area contributed by atoms with Crippen LogP contribution in [0.5, 0.6) is 0 Å². The van der Waals surface area contributed by atoms with E-state index < -0.39 is 12.1 Å². The van der Waals surface area contributed by atoms with Gasteiger partial charge in [-0.3, -0.25) is 14.4 Å². The van der Waals surface area contributed by atoms with E-state index in [0.29, 0.717) is 13.1 Å². The highest BCUT2D eigenvalue weighted by molar-refractivity contribution is 5.94. The van der Waals surface area contributed by atoms with Crippen LogP contribution in [0.4, 0.5) is 0 Å². The van der Waals surface area contributed by atoms with E-state index >= 15 is 0 Å². The third-order valence-electron chi connectivity index (χ3n) is 7.11. The van der Waals surface area contributed by atoms with Crippen LogP contribution in [-0.2, 0) is 20.8 Å². The van der Waals surface area contributed by atoms with Gasteiger partial charge in [-0.25, -0.2) is 0 Å². The zero-order chi connectivity index (χ0) is 23.4. The Hall–Kier alpha value is -2.41. The predicted molar refractivity (Wildman–Crippen MR) is 125 cm³/mol. The molecule has 0 saturated carbocycles. The molecule has 5 atom stereocenters. The van der Waals surface area contributed by atoms with Crippen LogP contribution in [0.15, 0.2) is 30.3 Å². The molecule has 2 N–H and O–H groups in total. The Kier molecular flexibility index (Phi) is 7.93. The van der Waals surface area contributed by atoms with Crippen molar-refractivity contribution in [3.05, 3.63) is 35.9 Å². The Labute approximate surface area is 191 Å². The molecule has 0 bridgehead atoms. The number of rotatable bonds is 8. The number of likely N-dealkylation sites (N-methyl/N-ethyl adjacent to an activating group) is 1. The Bertz CT molecular complexity index is 813. The molecule has 0 spiro atoms. The van der Waals surface area contributed by atoms with Crippen LogP contribution in [0.2, 0.25) is 0 Å². The van der Waals surface area contributed by atoms with Crippen molar-refractivity contribution < 1.29 is 14.4 Å². The minimum absolute atomic E-state index is 0.0484. The standard InChI is InChI=1S/C25H38N4O3/c1-16(2)21(27-23(30)18(4)26-5)24(31)29-15-17(3)20-12-14-28(25(32)22(20)29)13-11-19-9-7-6-8-10-19/h6-10,16-18,20-22,26H,11-15H2,1-5H3,(H,27,30)/t17-,18-,20+,21+,22-/m1/s1. The summed E-state index contributed by atoms with van der Waals surface area (Å²) in [5, 5.41) is 5.82.